The van der Waals surface area contributed by atoms with Crippen molar-refractivity contribution < 1.29 is 22.7 Å². The van der Waals surface area contributed by atoms with Gasteiger partial charge in [0.05, 0.1) is 19.1 Å². The van der Waals surface area contributed by atoms with Crippen LogP contribution in [-0.2, 0) is 26.0 Å². The van der Waals surface area contributed by atoms with Gasteiger partial charge in [0, 0.05) is 19.2 Å². The normalized spacial score (nSPS) is 12.0. The average molecular weight is 504 g/mol. The van der Waals surface area contributed by atoms with Crippen molar-refractivity contribution >= 4 is 27.5 Å². The molecule has 0 saturated heterocycles. The number of hydrogen-bond acceptors (Lipinski definition) is 5. The number of methoxy groups -OCH3 is 1. The Morgan fingerprint density at radius 3 is 2.37 bits per heavy atom. The Kier molecular flexibility index (Phi) is 11.0. The summed E-state index contributed by atoms with van der Waals surface area (Å²) in [6.07, 6.45) is 3.80. The molecule has 2 rings (SSSR count). The minimum absolute atomic E-state index is 0.227. The van der Waals surface area contributed by atoms with E-state index in [0.717, 1.165) is 29.0 Å². The molecule has 0 aromatic heterocycles. The van der Waals surface area contributed by atoms with E-state index in [2.05, 4.69) is 5.32 Å². The van der Waals surface area contributed by atoms with Crippen LogP contribution in [0.25, 0.3) is 0 Å². The molecule has 192 valence electrons. The molecule has 0 radical (unpaired) electrons. The number of nitrogens with zero attached hydrogens (tertiary/aromatic N) is 2. The Hall–Kier alpha value is -3.07. The lowest BCUT2D eigenvalue weighted by atomic mass is 10.1. The highest BCUT2D eigenvalue weighted by Gasteiger charge is 2.31. The third kappa shape index (κ3) is 8.58. The van der Waals surface area contributed by atoms with Gasteiger partial charge in [0.1, 0.15) is 18.3 Å². The smallest absolute Gasteiger partial charge is 0.244 e. The fourth-order valence-corrected chi connectivity index (χ4v) is 4.62. The number of unbranched alkanes of at least 4 members (excludes halogenated alkanes) is 1. The maximum absolute atomic E-state index is 13.6. The fraction of sp³-hybridized carbons (Fsp3) is 0.462. The van der Waals surface area contributed by atoms with Crippen LogP contribution in [0.4, 0.5) is 5.69 Å². The molecule has 0 aliphatic carbocycles. The molecule has 1 atom stereocenters. The summed E-state index contributed by atoms with van der Waals surface area (Å²) in [5.74, 6) is -0.187. The molecular formula is C26H37N3O5S. The number of benzene rings is 2. The summed E-state index contributed by atoms with van der Waals surface area (Å²) in [5, 5.41) is 2.92. The standard InChI is InChI=1S/C26H37N3O5S/c1-5-7-17-27-26(31)24(6-2)28(18-16-21-12-9-8-10-13-21)25(30)20-29(35(4,32)33)22-14-11-15-23(19-22)34-3/h8-15,19,24H,5-7,16-18,20H2,1-4H3,(H,27,31)/t24-/m1/s1. The number of nitrogens with one attached hydrogen (secondary N) is 1. The first-order valence-corrected chi connectivity index (χ1v) is 13.8. The topological polar surface area (TPSA) is 96.0 Å². The zero-order valence-electron chi connectivity index (χ0n) is 21.1. The van der Waals surface area contributed by atoms with Gasteiger partial charge in [0.2, 0.25) is 21.8 Å². The van der Waals surface area contributed by atoms with Crippen LogP contribution in [0.2, 0.25) is 0 Å². The van der Waals surface area contributed by atoms with Crippen molar-refractivity contribution in [1.82, 2.24) is 10.2 Å². The Bertz CT molecular complexity index is 1060. The van der Waals surface area contributed by atoms with Gasteiger partial charge in [-0.1, -0.05) is 56.7 Å². The minimum Gasteiger partial charge on any atom is -0.497 e. The lowest BCUT2D eigenvalue weighted by Gasteiger charge is -2.33. The van der Waals surface area contributed by atoms with Gasteiger partial charge in [-0.25, -0.2) is 8.42 Å². The van der Waals surface area contributed by atoms with Crippen molar-refractivity contribution in [2.24, 2.45) is 0 Å². The number of amides is 2. The molecule has 0 heterocycles. The fourth-order valence-electron chi connectivity index (χ4n) is 3.78. The highest BCUT2D eigenvalue weighted by atomic mass is 32.2. The first kappa shape index (κ1) is 28.2. The van der Waals surface area contributed by atoms with Crippen LogP contribution in [-0.4, -0.2) is 64.2 Å². The van der Waals surface area contributed by atoms with Crippen molar-refractivity contribution in [2.45, 2.75) is 45.6 Å². The van der Waals surface area contributed by atoms with Crippen molar-refractivity contribution in [3.8, 4) is 5.75 Å². The second-order valence-corrected chi connectivity index (χ2v) is 10.3. The monoisotopic (exact) mass is 503 g/mol. The summed E-state index contributed by atoms with van der Waals surface area (Å²) in [7, 11) is -2.29. The molecule has 0 saturated carbocycles. The summed E-state index contributed by atoms with van der Waals surface area (Å²) in [4.78, 5) is 28.1. The van der Waals surface area contributed by atoms with Crippen LogP contribution in [0.15, 0.2) is 54.6 Å². The largest absolute Gasteiger partial charge is 0.497 e. The Balaban J connectivity index is 2.33. The van der Waals surface area contributed by atoms with E-state index in [9.17, 15) is 18.0 Å². The van der Waals surface area contributed by atoms with Gasteiger partial charge in [-0.05, 0) is 37.0 Å². The summed E-state index contributed by atoms with van der Waals surface area (Å²) in [6.45, 7) is 4.30. The molecule has 35 heavy (non-hydrogen) atoms. The predicted molar refractivity (Wildman–Crippen MR) is 139 cm³/mol. The molecule has 1 N–H and O–H groups in total. The number of sulfonamides is 1. The molecule has 2 aromatic carbocycles. The number of carbonyl (C=O) groups is 2. The van der Waals surface area contributed by atoms with Crippen LogP contribution in [0.5, 0.6) is 5.75 Å². The van der Waals surface area contributed by atoms with Gasteiger partial charge < -0.3 is 15.0 Å². The summed E-state index contributed by atoms with van der Waals surface area (Å²) < 4.78 is 31.6. The van der Waals surface area contributed by atoms with Crippen molar-refractivity contribution in [1.29, 1.82) is 0 Å². The van der Waals surface area contributed by atoms with E-state index in [1.807, 2.05) is 44.2 Å². The van der Waals surface area contributed by atoms with E-state index in [4.69, 9.17) is 4.74 Å². The number of hydrogen-bond donors (Lipinski definition) is 1. The Labute approximate surface area is 209 Å². The molecule has 8 nitrogen and oxygen atoms in total. The highest BCUT2D eigenvalue weighted by Crippen LogP contribution is 2.23. The first-order valence-electron chi connectivity index (χ1n) is 11.9. The first-order chi connectivity index (χ1) is 16.7. The maximum Gasteiger partial charge on any atom is 0.244 e. The zero-order valence-corrected chi connectivity index (χ0v) is 21.9. The quantitative estimate of drug-likeness (QED) is 0.400. The Morgan fingerprint density at radius 1 is 1.06 bits per heavy atom. The Morgan fingerprint density at radius 2 is 1.77 bits per heavy atom. The van der Waals surface area contributed by atoms with E-state index in [-0.39, 0.29) is 12.5 Å². The maximum atomic E-state index is 13.6. The van der Waals surface area contributed by atoms with Gasteiger partial charge in [0.25, 0.3) is 0 Å². The molecule has 9 heteroatoms. The zero-order chi connectivity index (χ0) is 25.8. The molecule has 2 aromatic rings. The number of rotatable bonds is 14. The third-order valence-electron chi connectivity index (χ3n) is 5.72. The number of anilines is 1. The third-order valence-corrected chi connectivity index (χ3v) is 6.86. The number of ether oxygens (including phenoxy) is 1. The minimum atomic E-state index is -3.78. The lowest BCUT2D eigenvalue weighted by molar-refractivity contribution is -0.139. The van der Waals surface area contributed by atoms with Gasteiger partial charge >= 0.3 is 0 Å². The summed E-state index contributed by atoms with van der Waals surface area (Å²) >= 11 is 0. The van der Waals surface area contributed by atoms with E-state index in [1.165, 1.54) is 12.0 Å². The molecule has 2 amide bonds. The molecule has 0 unspecified atom stereocenters. The van der Waals surface area contributed by atoms with E-state index < -0.39 is 28.5 Å². The van der Waals surface area contributed by atoms with Crippen LogP contribution >= 0.6 is 0 Å². The second-order valence-electron chi connectivity index (χ2n) is 8.36. The van der Waals surface area contributed by atoms with Crippen LogP contribution < -0.4 is 14.4 Å². The summed E-state index contributed by atoms with van der Waals surface area (Å²) in [6, 6.07) is 15.5. The van der Waals surface area contributed by atoms with Gasteiger partial charge in [-0.15, -0.1) is 0 Å². The van der Waals surface area contributed by atoms with Crippen LogP contribution in [0.3, 0.4) is 0 Å². The second kappa shape index (κ2) is 13.7. The van der Waals surface area contributed by atoms with Crippen molar-refractivity contribution in [3.63, 3.8) is 0 Å². The summed E-state index contributed by atoms with van der Waals surface area (Å²) in [5.41, 5.74) is 1.35. The molecule has 0 aliphatic rings. The lowest BCUT2D eigenvalue weighted by Crippen LogP contribution is -2.53. The molecule has 0 fully saturated rings. The molecule has 0 bridgehead atoms. The van der Waals surface area contributed by atoms with Crippen LogP contribution in [0.1, 0.15) is 38.7 Å². The highest BCUT2D eigenvalue weighted by molar-refractivity contribution is 7.92. The van der Waals surface area contributed by atoms with Gasteiger partial charge in [-0.3, -0.25) is 13.9 Å². The predicted octanol–water partition coefficient (Wildman–Crippen LogP) is 3.23. The van der Waals surface area contributed by atoms with Gasteiger partial charge in [0.15, 0.2) is 0 Å². The number of carbonyl (C=O) groups excluding carboxylic acids is 2. The SMILES string of the molecule is CCCCNC(=O)[C@@H](CC)N(CCc1ccccc1)C(=O)CN(c1cccc(OC)c1)S(C)(=O)=O. The molecule has 0 aliphatic heterocycles. The average Bonchev–Trinajstić information content (AvgIpc) is 2.84. The van der Waals surface area contributed by atoms with E-state index in [1.54, 1.807) is 24.3 Å². The van der Waals surface area contributed by atoms with E-state index >= 15 is 0 Å². The van der Waals surface area contributed by atoms with Crippen molar-refractivity contribution in [2.75, 3.05) is 37.3 Å². The van der Waals surface area contributed by atoms with Gasteiger partial charge in [-0.2, -0.15) is 0 Å². The molecular weight excluding hydrogens is 466 g/mol. The van der Waals surface area contributed by atoms with E-state index in [0.29, 0.717) is 30.8 Å². The molecule has 0 spiro atoms. The van der Waals surface area contributed by atoms with Crippen molar-refractivity contribution in [3.05, 3.63) is 60.2 Å². The van der Waals surface area contributed by atoms with Crippen LogP contribution in [0, 0.1) is 0 Å².